The predicted molar refractivity (Wildman–Crippen MR) is 98.0 cm³/mol. The molecule has 1 heterocycles. The molecule has 24 heavy (non-hydrogen) atoms. The van der Waals surface area contributed by atoms with Gasteiger partial charge >= 0.3 is 0 Å². The molecule has 1 fully saturated rings. The number of rotatable bonds is 5. The molecule has 136 valence electrons. The van der Waals surface area contributed by atoms with Gasteiger partial charge in [0.2, 0.25) is 5.91 Å². The number of carbonyl (C=O) groups excluding carboxylic acids is 1. The van der Waals surface area contributed by atoms with Crippen molar-refractivity contribution in [3.8, 4) is 0 Å². The van der Waals surface area contributed by atoms with Gasteiger partial charge in [0.05, 0.1) is 17.1 Å². The van der Waals surface area contributed by atoms with Crippen LogP contribution in [-0.4, -0.2) is 36.0 Å². The molecule has 0 saturated carbocycles. The molecular formula is C17H26Cl2FN3O. The van der Waals surface area contributed by atoms with E-state index < -0.39 is 11.9 Å². The molecule has 1 aromatic carbocycles. The minimum absolute atomic E-state index is 0. The minimum Gasteiger partial charge on any atom is -0.350 e. The van der Waals surface area contributed by atoms with E-state index in [1.54, 1.807) is 6.07 Å². The predicted octanol–water partition coefficient (Wildman–Crippen LogP) is 3.14. The van der Waals surface area contributed by atoms with Crippen molar-refractivity contribution < 1.29 is 9.18 Å². The number of nitrogens with zero attached hydrogens (tertiary/aromatic N) is 1. The first kappa shape index (κ1) is 21.2. The summed E-state index contributed by atoms with van der Waals surface area (Å²) in [6.45, 7) is 7.58. The second kappa shape index (κ2) is 8.99. The summed E-state index contributed by atoms with van der Waals surface area (Å²) in [6.07, 6.45) is 0.819. The summed E-state index contributed by atoms with van der Waals surface area (Å²) in [4.78, 5) is 14.5. The van der Waals surface area contributed by atoms with E-state index in [-0.39, 0.29) is 41.3 Å². The van der Waals surface area contributed by atoms with E-state index in [4.69, 9.17) is 17.3 Å². The van der Waals surface area contributed by atoms with Crippen LogP contribution in [0.2, 0.25) is 5.02 Å². The Bertz CT molecular complexity index is 571. The lowest BCUT2D eigenvalue weighted by atomic mass is 9.98. The number of benzene rings is 1. The smallest absolute Gasteiger partial charge is 0.237 e. The summed E-state index contributed by atoms with van der Waals surface area (Å²) in [7, 11) is 0. The number of nitrogens with two attached hydrogens (primary N) is 1. The van der Waals surface area contributed by atoms with E-state index in [9.17, 15) is 9.18 Å². The van der Waals surface area contributed by atoms with Crippen LogP contribution < -0.4 is 11.1 Å². The number of likely N-dealkylation sites (tertiary alicyclic amines) is 1. The number of nitrogens with one attached hydrogen (secondary N) is 1. The van der Waals surface area contributed by atoms with Gasteiger partial charge < -0.3 is 11.1 Å². The first-order valence-electron chi connectivity index (χ1n) is 8.10. The molecule has 1 aliphatic heterocycles. The summed E-state index contributed by atoms with van der Waals surface area (Å²) in [5.41, 5.74) is 6.76. The molecule has 0 radical (unpaired) electrons. The van der Waals surface area contributed by atoms with Gasteiger partial charge in [-0.1, -0.05) is 38.4 Å². The normalized spacial score (nSPS) is 22.3. The van der Waals surface area contributed by atoms with Crippen LogP contribution in [0.15, 0.2) is 18.2 Å². The van der Waals surface area contributed by atoms with Crippen molar-refractivity contribution in [1.82, 2.24) is 10.2 Å². The molecule has 0 aliphatic carbocycles. The van der Waals surface area contributed by atoms with Crippen molar-refractivity contribution in [2.24, 2.45) is 11.7 Å². The van der Waals surface area contributed by atoms with E-state index in [2.05, 4.69) is 17.1 Å². The van der Waals surface area contributed by atoms with Gasteiger partial charge in [-0.2, -0.15) is 0 Å². The summed E-state index contributed by atoms with van der Waals surface area (Å²) in [5, 5.41) is 3.15. The van der Waals surface area contributed by atoms with E-state index in [0.717, 1.165) is 25.1 Å². The Morgan fingerprint density at radius 2 is 2.17 bits per heavy atom. The Hall–Kier alpha value is -0.880. The van der Waals surface area contributed by atoms with Gasteiger partial charge in [0.15, 0.2) is 0 Å². The zero-order valence-electron chi connectivity index (χ0n) is 14.3. The van der Waals surface area contributed by atoms with Gasteiger partial charge in [0.25, 0.3) is 0 Å². The maximum Gasteiger partial charge on any atom is 0.237 e. The van der Waals surface area contributed by atoms with Gasteiger partial charge in [-0.15, -0.1) is 12.4 Å². The number of amides is 1. The van der Waals surface area contributed by atoms with E-state index in [1.165, 1.54) is 6.07 Å². The number of halogens is 3. The van der Waals surface area contributed by atoms with Gasteiger partial charge in [-0.05, 0) is 36.6 Å². The SMILES string of the molecule is CCN1CCC(NC(=O)[C@@H](N)C(C)C)C1c1ccc(Cl)c(F)c1.Cl. The molecule has 1 saturated heterocycles. The fourth-order valence-corrected chi connectivity index (χ4v) is 3.20. The molecule has 0 spiro atoms. The van der Waals surface area contributed by atoms with Crippen LogP contribution in [0.25, 0.3) is 0 Å². The Balaban J connectivity index is 0.00000288. The Morgan fingerprint density at radius 3 is 2.71 bits per heavy atom. The molecule has 1 amide bonds. The van der Waals surface area contributed by atoms with Crippen LogP contribution in [0, 0.1) is 11.7 Å². The Labute approximate surface area is 154 Å². The molecule has 3 N–H and O–H groups in total. The topological polar surface area (TPSA) is 58.4 Å². The molecule has 0 aromatic heterocycles. The summed E-state index contributed by atoms with van der Waals surface area (Å²) in [5.74, 6) is -0.511. The number of hydrogen-bond acceptors (Lipinski definition) is 3. The van der Waals surface area contributed by atoms with E-state index >= 15 is 0 Å². The summed E-state index contributed by atoms with van der Waals surface area (Å²) < 4.78 is 13.8. The highest BCUT2D eigenvalue weighted by molar-refractivity contribution is 6.30. The average molecular weight is 378 g/mol. The van der Waals surface area contributed by atoms with Crippen LogP contribution in [0.5, 0.6) is 0 Å². The second-order valence-corrected chi connectivity index (χ2v) is 6.83. The molecule has 2 rings (SSSR count). The second-order valence-electron chi connectivity index (χ2n) is 6.42. The summed E-state index contributed by atoms with van der Waals surface area (Å²) in [6, 6.07) is 4.18. The number of likely N-dealkylation sites (N-methyl/N-ethyl adjacent to an activating group) is 1. The lowest BCUT2D eigenvalue weighted by Gasteiger charge is -2.29. The van der Waals surface area contributed by atoms with Crippen molar-refractivity contribution in [2.45, 2.75) is 45.3 Å². The minimum atomic E-state index is -0.534. The van der Waals surface area contributed by atoms with Gasteiger partial charge in [0.1, 0.15) is 5.82 Å². The highest BCUT2D eigenvalue weighted by Crippen LogP contribution is 2.33. The molecule has 0 bridgehead atoms. The standard InChI is InChI=1S/C17H25ClFN3O.ClH/c1-4-22-8-7-14(21-17(23)15(20)10(2)3)16(22)11-5-6-12(18)13(19)9-11;/h5-6,9-10,14-16H,4,7-8,20H2,1-3H3,(H,21,23);1H/t14?,15-,16?;/m0./s1. The third kappa shape index (κ3) is 4.60. The van der Waals surface area contributed by atoms with Crippen molar-refractivity contribution in [2.75, 3.05) is 13.1 Å². The summed E-state index contributed by atoms with van der Waals surface area (Å²) >= 11 is 5.78. The van der Waals surface area contributed by atoms with Crippen LogP contribution in [0.4, 0.5) is 4.39 Å². The molecule has 4 nitrogen and oxygen atoms in total. The first-order valence-corrected chi connectivity index (χ1v) is 8.47. The van der Waals surface area contributed by atoms with Crippen molar-refractivity contribution in [3.63, 3.8) is 0 Å². The highest BCUT2D eigenvalue weighted by atomic mass is 35.5. The molecule has 1 aliphatic rings. The molecule has 3 atom stereocenters. The van der Waals surface area contributed by atoms with Crippen molar-refractivity contribution >= 4 is 29.9 Å². The van der Waals surface area contributed by atoms with Crippen molar-refractivity contribution in [3.05, 3.63) is 34.6 Å². The average Bonchev–Trinajstić information content (AvgIpc) is 2.91. The Kier molecular flexibility index (Phi) is 7.93. The molecule has 1 aromatic rings. The van der Waals surface area contributed by atoms with Crippen LogP contribution in [0.3, 0.4) is 0 Å². The zero-order valence-corrected chi connectivity index (χ0v) is 15.8. The molecule has 7 heteroatoms. The maximum atomic E-state index is 13.8. The lowest BCUT2D eigenvalue weighted by molar-refractivity contribution is -0.124. The zero-order chi connectivity index (χ0) is 17.1. The fraction of sp³-hybridized carbons (Fsp3) is 0.588. The third-order valence-electron chi connectivity index (χ3n) is 4.54. The lowest BCUT2D eigenvalue weighted by Crippen LogP contribution is -2.49. The molecular weight excluding hydrogens is 352 g/mol. The van der Waals surface area contributed by atoms with E-state index in [1.807, 2.05) is 19.9 Å². The number of hydrogen-bond donors (Lipinski definition) is 2. The van der Waals surface area contributed by atoms with Gasteiger partial charge in [-0.3, -0.25) is 9.69 Å². The largest absolute Gasteiger partial charge is 0.350 e. The maximum absolute atomic E-state index is 13.8. The van der Waals surface area contributed by atoms with Gasteiger partial charge in [-0.25, -0.2) is 4.39 Å². The quantitative estimate of drug-likeness (QED) is 0.828. The fourth-order valence-electron chi connectivity index (χ4n) is 3.08. The van der Waals surface area contributed by atoms with Crippen LogP contribution in [-0.2, 0) is 4.79 Å². The number of carbonyl (C=O) groups is 1. The third-order valence-corrected chi connectivity index (χ3v) is 4.85. The molecule has 2 unspecified atom stereocenters. The van der Waals surface area contributed by atoms with Gasteiger partial charge in [0, 0.05) is 12.6 Å². The highest BCUT2D eigenvalue weighted by Gasteiger charge is 2.36. The van der Waals surface area contributed by atoms with Crippen LogP contribution in [0.1, 0.15) is 38.8 Å². The van der Waals surface area contributed by atoms with E-state index in [0.29, 0.717) is 0 Å². The van der Waals surface area contributed by atoms with Crippen molar-refractivity contribution in [1.29, 1.82) is 0 Å². The first-order chi connectivity index (χ1) is 10.8. The van der Waals surface area contributed by atoms with Crippen LogP contribution >= 0.6 is 24.0 Å². The monoisotopic (exact) mass is 377 g/mol. The Morgan fingerprint density at radius 1 is 1.50 bits per heavy atom.